The third-order valence-corrected chi connectivity index (χ3v) is 5.85. The van der Waals surface area contributed by atoms with E-state index in [4.69, 9.17) is 4.74 Å². The van der Waals surface area contributed by atoms with Crippen molar-refractivity contribution in [2.24, 2.45) is 0 Å². The predicted molar refractivity (Wildman–Crippen MR) is 117 cm³/mol. The number of nitrogens with one attached hydrogen (secondary N) is 1. The molecule has 156 valence electrons. The number of nitrogens with zero attached hydrogens (tertiary/aromatic N) is 3. The first kappa shape index (κ1) is 21.7. The third kappa shape index (κ3) is 5.14. The van der Waals surface area contributed by atoms with Crippen LogP contribution < -0.4 is 10.9 Å². The lowest BCUT2D eigenvalue weighted by atomic mass is 10.1. The Morgan fingerprint density at radius 2 is 1.93 bits per heavy atom. The summed E-state index contributed by atoms with van der Waals surface area (Å²) in [6.07, 6.45) is 1.99. The highest BCUT2D eigenvalue weighted by atomic mass is 32.2. The fourth-order valence-corrected chi connectivity index (χ4v) is 3.89. The molecule has 3 rings (SSSR count). The Bertz CT molecular complexity index is 1120. The minimum absolute atomic E-state index is 0.253. The van der Waals surface area contributed by atoms with E-state index in [0.29, 0.717) is 16.3 Å². The van der Waals surface area contributed by atoms with E-state index in [1.807, 2.05) is 30.5 Å². The molecule has 0 aliphatic carbocycles. The van der Waals surface area contributed by atoms with E-state index in [0.717, 1.165) is 26.5 Å². The molecule has 10 heteroatoms. The van der Waals surface area contributed by atoms with E-state index in [1.165, 1.54) is 6.07 Å². The van der Waals surface area contributed by atoms with Crippen molar-refractivity contribution in [2.75, 3.05) is 18.2 Å². The average Bonchev–Trinajstić information content (AvgIpc) is 3.10. The van der Waals surface area contributed by atoms with E-state index in [9.17, 15) is 14.4 Å². The van der Waals surface area contributed by atoms with Crippen molar-refractivity contribution in [3.63, 3.8) is 0 Å². The average molecular weight is 445 g/mol. The summed E-state index contributed by atoms with van der Waals surface area (Å²) >= 11 is 2.66. The molecule has 1 N–H and O–H groups in total. The molecule has 0 radical (unpaired) electrons. The summed E-state index contributed by atoms with van der Waals surface area (Å²) in [7, 11) is 0. The van der Waals surface area contributed by atoms with Crippen LogP contribution in [0.2, 0.25) is 0 Å². The number of benzene rings is 1. The number of aromatic nitrogens is 3. The Balaban J connectivity index is 1.74. The summed E-state index contributed by atoms with van der Waals surface area (Å²) in [5, 5.41) is 7.17. The van der Waals surface area contributed by atoms with E-state index >= 15 is 0 Å². The number of thioether (sulfide) groups is 1. The maximum Gasteiger partial charge on any atom is 0.350 e. The zero-order valence-corrected chi connectivity index (χ0v) is 18.3. The van der Waals surface area contributed by atoms with E-state index in [1.54, 1.807) is 31.7 Å². The predicted octanol–water partition coefficient (Wildman–Crippen LogP) is 3.21. The molecule has 3 aromatic rings. The van der Waals surface area contributed by atoms with Crippen LogP contribution in [0, 0.1) is 6.92 Å². The maximum atomic E-state index is 12.4. The fourth-order valence-electron chi connectivity index (χ4n) is 2.61. The van der Waals surface area contributed by atoms with Crippen LogP contribution in [0.15, 0.2) is 46.1 Å². The second-order valence-electron chi connectivity index (χ2n) is 6.15. The Labute approximate surface area is 181 Å². The van der Waals surface area contributed by atoms with Gasteiger partial charge in [-0.25, -0.2) is 14.5 Å². The first-order chi connectivity index (χ1) is 14.4. The van der Waals surface area contributed by atoms with Gasteiger partial charge in [0.1, 0.15) is 11.4 Å². The summed E-state index contributed by atoms with van der Waals surface area (Å²) in [6, 6.07) is 10.8. The van der Waals surface area contributed by atoms with Gasteiger partial charge in [0.25, 0.3) is 5.56 Å². The zero-order chi connectivity index (χ0) is 21.7. The smallest absolute Gasteiger partial charge is 0.350 e. The van der Waals surface area contributed by atoms with Gasteiger partial charge in [-0.15, -0.1) is 11.8 Å². The summed E-state index contributed by atoms with van der Waals surface area (Å²) in [6.45, 7) is 3.36. The number of thiazole rings is 1. The molecule has 0 aliphatic heterocycles. The SMILES string of the molecule is CCOC(=O)c1sc(NC(=O)Cn2nc(-c3ccc(SC)cc3)ccc2=O)nc1C. The molecule has 0 atom stereocenters. The van der Waals surface area contributed by atoms with E-state index in [-0.39, 0.29) is 18.3 Å². The monoisotopic (exact) mass is 444 g/mol. The highest BCUT2D eigenvalue weighted by Gasteiger charge is 2.18. The second kappa shape index (κ2) is 9.68. The molecule has 0 spiro atoms. The molecular weight excluding hydrogens is 424 g/mol. The number of anilines is 1. The Morgan fingerprint density at radius 3 is 2.60 bits per heavy atom. The van der Waals surface area contributed by atoms with Gasteiger partial charge in [-0.2, -0.15) is 5.10 Å². The minimum atomic E-state index is -0.480. The molecule has 1 aromatic carbocycles. The number of hydrogen-bond donors (Lipinski definition) is 1. The van der Waals surface area contributed by atoms with Gasteiger partial charge in [0.2, 0.25) is 5.91 Å². The van der Waals surface area contributed by atoms with Crippen molar-refractivity contribution < 1.29 is 14.3 Å². The van der Waals surface area contributed by atoms with Crippen LogP contribution in [-0.2, 0) is 16.1 Å². The third-order valence-electron chi connectivity index (χ3n) is 4.05. The zero-order valence-electron chi connectivity index (χ0n) is 16.7. The number of aryl methyl sites for hydroxylation is 1. The van der Waals surface area contributed by atoms with Gasteiger partial charge in [0, 0.05) is 16.5 Å². The molecule has 0 bridgehead atoms. The van der Waals surface area contributed by atoms with Crippen molar-refractivity contribution in [3.05, 3.63) is 57.3 Å². The molecule has 2 aromatic heterocycles. The largest absolute Gasteiger partial charge is 0.462 e. The molecule has 8 nitrogen and oxygen atoms in total. The number of esters is 1. The molecular formula is C20H20N4O4S2. The van der Waals surface area contributed by atoms with Gasteiger partial charge in [-0.1, -0.05) is 23.5 Å². The van der Waals surface area contributed by atoms with Gasteiger partial charge in [0.05, 0.1) is 18.0 Å². The van der Waals surface area contributed by atoms with Gasteiger partial charge < -0.3 is 10.1 Å². The molecule has 0 aliphatic rings. The Morgan fingerprint density at radius 1 is 1.20 bits per heavy atom. The molecule has 1 amide bonds. The molecule has 0 saturated carbocycles. The highest BCUT2D eigenvalue weighted by molar-refractivity contribution is 7.98. The van der Waals surface area contributed by atoms with Gasteiger partial charge in [-0.3, -0.25) is 9.59 Å². The quantitative estimate of drug-likeness (QED) is 0.441. The van der Waals surface area contributed by atoms with Crippen molar-refractivity contribution in [1.29, 1.82) is 0 Å². The van der Waals surface area contributed by atoms with Crippen LogP contribution in [0.25, 0.3) is 11.3 Å². The van der Waals surface area contributed by atoms with Crippen LogP contribution in [0.5, 0.6) is 0 Å². The van der Waals surface area contributed by atoms with Gasteiger partial charge in [0.15, 0.2) is 5.13 Å². The van der Waals surface area contributed by atoms with Gasteiger partial charge in [-0.05, 0) is 38.3 Å². The number of amides is 1. The lowest BCUT2D eigenvalue weighted by molar-refractivity contribution is -0.117. The van der Waals surface area contributed by atoms with E-state index in [2.05, 4.69) is 15.4 Å². The lowest BCUT2D eigenvalue weighted by Gasteiger charge is -2.07. The first-order valence-electron chi connectivity index (χ1n) is 9.08. The van der Waals surface area contributed by atoms with Crippen LogP contribution >= 0.6 is 23.1 Å². The van der Waals surface area contributed by atoms with Crippen LogP contribution in [0.4, 0.5) is 5.13 Å². The van der Waals surface area contributed by atoms with E-state index < -0.39 is 17.4 Å². The number of carbonyl (C=O) groups is 2. The molecule has 2 heterocycles. The standard InChI is InChI=1S/C20H20N4O4S2/c1-4-28-19(27)18-12(2)21-20(30-18)22-16(25)11-24-17(26)10-9-15(23-24)13-5-7-14(29-3)8-6-13/h5-10H,4,11H2,1-3H3,(H,21,22,25). The maximum absolute atomic E-state index is 12.4. The van der Waals surface area contributed by atoms with Crippen LogP contribution in [0.1, 0.15) is 22.3 Å². The molecule has 0 fully saturated rings. The Kier molecular flexibility index (Phi) is 7.01. The van der Waals surface area contributed by atoms with Crippen molar-refractivity contribution >= 4 is 40.1 Å². The lowest BCUT2D eigenvalue weighted by Crippen LogP contribution is -2.29. The normalized spacial score (nSPS) is 10.6. The minimum Gasteiger partial charge on any atom is -0.462 e. The molecule has 30 heavy (non-hydrogen) atoms. The molecule has 0 unspecified atom stereocenters. The van der Waals surface area contributed by atoms with Crippen LogP contribution in [0.3, 0.4) is 0 Å². The van der Waals surface area contributed by atoms with Crippen molar-refractivity contribution in [3.8, 4) is 11.3 Å². The Hall–Kier alpha value is -2.98. The first-order valence-corrected chi connectivity index (χ1v) is 11.1. The summed E-state index contributed by atoms with van der Waals surface area (Å²) in [5.41, 5.74) is 1.51. The van der Waals surface area contributed by atoms with Crippen molar-refractivity contribution in [1.82, 2.24) is 14.8 Å². The highest BCUT2D eigenvalue weighted by Crippen LogP contribution is 2.23. The molecule has 0 saturated heterocycles. The number of hydrogen-bond acceptors (Lipinski definition) is 8. The van der Waals surface area contributed by atoms with Gasteiger partial charge >= 0.3 is 5.97 Å². The summed E-state index contributed by atoms with van der Waals surface area (Å²) in [5.74, 6) is -0.949. The number of ether oxygens (including phenoxy) is 1. The number of rotatable bonds is 7. The fraction of sp³-hybridized carbons (Fsp3) is 0.250. The summed E-state index contributed by atoms with van der Waals surface area (Å²) < 4.78 is 6.07. The second-order valence-corrected chi connectivity index (χ2v) is 8.02. The van der Waals surface area contributed by atoms with Crippen LogP contribution in [-0.4, -0.2) is 39.5 Å². The van der Waals surface area contributed by atoms with Crippen molar-refractivity contribution in [2.45, 2.75) is 25.3 Å². The summed E-state index contributed by atoms with van der Waals surface area (Å²) in [4.78, 5) is 42.1. The number of carbonyl (C=O) groups excluding carboxylic acids is 2. The topological polar surface area (TPSA) is 103 Å².